The number of ether oxygens (including phenoxy) is 1. The van der Waals surface area contributed by atoms with Crippen molar-refractivity contribution in [1.29, 1.82) is 0 Å². The number of para-hydroxylation sites is 4. The van der Waals surface area contributed by atoms with Gasteiger partial charge in [-0.1, -0.05) is 122 Å². The smallest absolute Gasteiger partial charge is 0.137 e. The first-order valence-corrected chi connectivity index (χ1v) is 23.9. The van der Waals surface area contributed by atoms with Crippen LogP contribution in [0.15, 0.2) is 174 Å². The van der Waals surface area contributed by atoms with Crippen LogP contribution in [0, 0.1) is 0 Å². The molecule has 66 heavy (non-hydrogen) atoms. The molecule has 7 heteroatoms. The van der Waals surface area contributed by atoms with Gasteiger partial charge >= 0.3 is 0 Å². The molecule has 0 unspecified atom stereocenters. The Morgan fingerprint density at radius 1 is 0.530 bits per heavy atom. The first-order chi connectivity index (χ1) is 31.7. The molecule has 6 nitrogen and oxygen atoms in total. The third kappa shape index (κ3) is 6.34. The minimum Gasteiger partial charge on any atom is -0.457 e. The molecule has 0 aliphatic carbocycles. The van der Waals surface area contributed by atoms with Crippen molar-refractivity contribution < 1.29 is 4.74 Å². The number of hydrogen-bond donors (Lipinski definition) is 0. The molecule has 0 bridgehead atoms. The highest BCUT2D eigenvalue weighted by molar-refractivity contribution is 7.99. The normalized spacial score (nSPS) is 14.9. The summed E-state index contributed by atoms with van der Waals surface area (Å²) in [6, 6.07) is 57.6. The van der Waals surface area contributed by atoms with Gasteiger partial charge in [0.25, 0.3) is 0 Å². The van der Waals surface area contributed by atoms with Crippen LogP contribution in [0.1, 0.15) is 77.6 Å². The lowest BCUT2D eigenvalue weighted by Crippen LogP contribution is -2.33. The highest BCUT2D eigenvalue weighted by Crippen LogP contribution is 2.61. The molecule has 5 heterocycles. The maximum absolute atomic E-state index is 6.84. The topological polar surface area (TPSA) is 36.8 Å². The van der Waals surface area contributed by atoms with E-state index in [1.54, 1.807) is 0 Å². The molecule has 0 saturated heterocycles. The van der Waals surface area contributed by atoms with Crippen molar-refractivity contribution in [1.82, 2.24) is 9.55 Å². The van der Waals surface area contributed by atoms with Crippen LogP contribution in [-0.4, -0.2) is 16.2 Å². The van der Waals surface area contributed by atoms with E-state index < -0.39 is 0 Å². The number of hydrogen-bond acceptors (Lipinski definition) is 6. The number of rotatable bonds is 5. The molecule has 3 aliphatic rings. The van der Waals surface area contributed by atoms with Crippen molar-refractivity contribution in [2.75, 3.05) is 21.4 Å². The average Bonchev–Trinajstić information content (AvgIpc) is 3.85. The molecule has 0 fully saturated rings. The maximum atomic E-state index is 6.84. The summed E-state index contributed by atoms with van der Waals surface area (Å²) in [4.78, 5) is 14.9. The second kappa shape index (κ2) is 14.5. The van der Waals surface area contributed by atoms with Crippen LogP contribution in [0.3, 0.4) is 0 Å². The lowest BCUT2D eigenvalue weighted by molar-refractivity contribution is 0.483. The minimum atomic E-state index is -0.204. The van der Waals surface area contributed by atoms with Gasteiger partial charge in [0.05, 0.1) is 39.5 Å². The Morgan fingerprint density at radius 3 is 1.98 bits per heavy atom. The maximum Gasteiger partial charge on any atom is 0.137 e. The van der Waals surface area contributed by atoms with Gasteiger partial charge in [-0.2, -0.15) is 0 Å². The van der Waals surface area contributed by atoms with Crippen LogP contribution >= 0.6 is 11.8 Å². The fourth-order valence-electron chi connectivity index (χ4n) is 10.4. The monoisotopic (exact) mass is 879 g/mol. The first-order valence-electron chi connectivity index (χ1n) is 23.1. The van der Waals surface area contributed by atoms with Crippen molar-refractivity contribution in [3.63, 3.8) is 0 Å². The predicted octanol–water partition coefficient (Wildman–Crippen LogP) is 16.4. The Balaban J connectivity index is 0.914. The second-order valence-corrected chi connectivity index (χ2v) is 21.7. The van der Waals surface area contributed by atoms with Crippen molar-refractivity contribution in [2.24, 2.45) is 0 Å². The number of benzene rings is 7. The van der Waals surface area contributed by atoms with Crippen molar-refractivity contribution in [3.8, 4) is 17.3 Å². The van der Waals surface area contributed by atoms with Gasteiger partial charge in [0.15, 0.2) is 0 Å². The lowest BCUT2D eigenvalue weighted by atomic mass is 9.73. The van der Waals surface area contributed by atoms with E-state index in [-0.39, 0.29) is 16.2 Å². The molecular weight excluding hydrogens is 827 g/mol. The zero-order chi connectivity index (χ0) is 45.3. The zero-order valence-corrected chi connectivity index (χ0v) is 39.7. The summed E-state index contributed by atoms with van der Waals surface area (Å²) in [5, 5.41) is 2.39. The minimum absolute atomic E-state index is 0.0161. The van der Waals surface area contributed by atoms with Crippen LogP contribution in [0.4, 0.5) is 39.8 Å². The number of aromatic nitrogens is 2. The van der Waals surface area contributed by atoms with Crippen LogP contribution in [-0.2, 0) is 16.2 Å². The fraction of sp³-hybridized carbons (Fsp3) is 0.203. The molecule has 0 radical (unpaired) electrons. The second-order valence-electron chi connectivity index (χ2n) is 20.6. The number of nitrogens with zero attached hydrogens (tertiary/aromatic N) is 5. The van der Waals surface area contributed by atoms with E-state index in [2.05, 4.69) is 232 Å². The zero-order valence-electron chi connectivity index (χ0n) is 38.8. The van der Waals surface area contributed by atoms with Gasteiger partial charge in [0.2, 0.25) is 0 Å². The first kappa shape index (κ1) is 40.5. The van der Waals surface area contributed by atoms with Crippen LogP contribution < -0.4 is 19.4 Å². The molecule has 3 aliphatic heterocycles. The molecule has 12 rings (SSSR count). The SMILES string of the molecule is CC(C)(C)c1ccnc(-n2c3ccc(C(C)(C)C)cc3c3ccc(Oc4cccc(N5CN(c6cc7c8c(c6)C(C)(C)c6ccccc6N8c6ccccc6S7)c6ccccc65)c4)cc32)c1. The van der Waals surface area contributed by atoms with E-state index in [1.165, 1.54) is 71.3 Å². The van der Waals surface area contributed by atoms with E-state index in [4.69, 9.17) is 9.72 Å². The molecule has 326 valence electrons. The van der Waals surface area contributed by atoms with Gasteiger partial charge in [0, 0.05) is 55.7 Å². The van der Waals surface area contributed by atoms with Crippen molar-refractivity contribution >= 4 is 73.4 Å². The predicted molar refractivity (Wildman–Crippen MR) is 275 cm³/mol. The summed E-state index contributed by atoms with van der Waals surface area (Å²) in [7, 11) is 0. The highest BCUT2D eigenvalue weighted by Gasteiger charge is 2.42. The van der Waals surface area contributed by atoms with E-state index in [1.807, 2.05) is 18.0 Å². The van der Waals surface area contributed by atoms with Crippen LogP contribution in [0.2, 0.25) is 0 Å². The Labute approximate surface area is 392 Å². The van der Waals surface area contributed by atoms with Gasteiger partial charge in [-0.3, -0.25) is 4.57 Å². The summed E-state index contributed by atoms with van der Waals surface area (Å²) >= 11 is 1.88. The van der Waals surface area contributed by atoms with E-state index in [9.17, 15) is 0 Å². The van der Waals surface area contributed by atoms with Crippen LogP contribution in [0.25, 0.3) is 27.6 Å². The Bertz CT molecular complexity index is 3440. The average molecular weight is 880 g/mol. The highest BCUT2D eigenvalue weighted by atomic mass is 32.2. The Hall–Kier alpha value is -6.96. The van der Waals surface area contributed by atoms with Gasteiger partial charge in [-0.15, -0.1) is 0 Å². The summed E-state index contributed by atoms with van der Waals surface area (Å²) in [6.45, 7) is 19.0. The quantitative estimate of drug-likeness (QED) is 0.171. The summed E-state index contributed by atoms with van der Waals surface area (Å²) in [5.74, 6) is 2.46. The van der Waals surface area contributed by atoms with Gasteiger partial charge in [-0.25, -0.2) is 4.98 Å². The third-order valence-corrected chi connectivity index (χ3v) is 15.1. The number of anilines is 7. The van der Waals surface area contributed by atoms with E-state index in [0.29, 0.717) is 6.67 Å². The molecular formula is C59H53N5OS. The molecule has 9 aromatic rings. The molecule has 0 saturated carbocycles. The summed E-state index contributed by atoms with van der Waals surface area (Å²) in [5.41, 5.74) is 15.6. The van der Waals surface area contributed by atoms with Gasteiger partial charge in [0.1, 0.15) is 24.0 Å². The van der Waals surface area contributed by atoms with Crippen molar-refractivity contribution in [2.45, 2.75) is 81.4 Å². The Morgan fingerprint density at radius 2 is 1.21 bits per heavy atom. The molecule has 0 amide bonds. The largest absolute Gasteiger partial charge is 0.457 e. The van der Waals surface area contributed by atoms with Gasteiger partial charge in [-0.05, 0) is 124 Å². The molecule has 0 atom stereocenters. The fourth-order valence-corrected chi connectivity index (χ4v) is 11.5. The van der Waals surface area contributed by atoms with E-state index in [0.717, 1.165) is 39.7 Å². The molecule has 0 N–H and O–H groups in total. The van der Waals surface area contributed by atoms with Crippen molar-refractivity contribution in [3.05, 3.63) is 186 Å². The standard InChI is InChI=1S/C59H53N5OS/c1-57(2,3)37-24-27-47-44(30-37)43-26-25-42(35-52(43)63(47)55-31-38(28-29-60-55)58(4,5)6)65-41-17-15-16-39(32-41)61-36-62(50-21-12-11-20-49(50)61)40-33-46-56-54(34-40)66-53-23-14-13-22-51(53)64(56)48-19-10-9-18-45(48)59(46,7)8/h9-35H,36H2,1-8H3. The molecule has 7 aromatic carbocycles. The van der Waals surface area contributed by atoms with Gasteiger partial charge < -0.3 is 19.4 Å². The molecule has 2 aromatic heterocycles. The summed E-state index contributed by atoms with van der Waals surface area (Å²) in [6.07, 6.45) is 1.94. The number of pyridine rings is 1. The van der Waals surface area contributed by atoms with Crippen LogP contribution in [0.5, 0.6) is 11.5 Å². The Kier molecular flexibility index (Phi) is 8.92. The molecule has 0 spiro atoms. The number of fused-ring (bicyclic) bond motifs is 8. The summed E-state index contributed by atoms with van der Waals surface area (Å²) < 4.78 is 9.14. The third-order valence-electron chi connectivity index (χ3n) is 14.0. The lowest BCUT2D eigenvalue weighted by Gasteiger charge is -2.45. The van der Waals surface area contributed by atoms with E-state index >= 15 is 0 Å².